The number of benzene rings is 1. The van der Waals surface area contributed by atoms with Crippen molar-refractivity contribution in [2.45, 2.75) is 77.2 Å². The van der Waals surface area contributed by atoms with Gasteiger partial charge in [-0.2, -0.15) is 0 Å². The lowest BCUT2D eigenvalue weighted by Crippen LogP contribution is -2.47. The summed E-state index contributed by atoms with van der Waals surface area (Å²) in [7, 11) is 0. The Morgan fingerprint density at radius 1 is 0.966 bits per heavy atom. The molecule has 7 nitrogen and oxygen atoms in total. The summed E-state index contributed by atoms with van der Waals surface area (Å²) in [5.74, 6) is -1.12. The Labute approximate surface area is 173 Å². The molecule has 162 valence electrons. The average Bonchev–Trinajstić information content (AvgIpc) is 2.68. The van der Waals surface area contributed by atoms with Gasteiger partial charge in [0, 0.05) is 13.0 Å². The van der Waals surface area contributed by atoms with Crippen LogP contribution in [-0.2, 0) is 20.8 Å². The molecule has 1 aromatic rings. The van der Waals surface area contributed by atoms with Crippen molar-refractivity contribution in [2.24, 2.45) is 5.73 Å². The number of hydrogen-bond acceptors (Lipinski definition) is 4. The topological polar surface area (TPSA) is 122 Å². The quantitative estimate of drug-likeness (QED) is 0.335. The van der Waals surface area contributed by atoms with E-state index < -0.39 is 11.9 Å². The summed E-state index contributed by atoms with van der Waals surface area (Å²) in [4.78, 5) is 35.7. The smallest absolute Gasteiger partial charge is 0.240 e. The van der Waals surface area contributed by atoms with Gasteiger partial charge >= 0.3 is 0 Å². The van der Waals surface area contributed by atoms with Gasteiger partial charge in [-0.15, -0.1) is 0 Å². The second kappa shape index (κ2) is 14.4. The molecule has 0 unspecified atom stereocenters. The normalized spacial score (nSPS) is 11.6. The van der Waals surface area contributed by atoms with E-state index in [9.17, 15) is 19.5 Å². The van der Waals surface area contributed by atoms with E-state index in [0.717, 1.165) is 24.8 Å². The molecule has 7 heteroatoms. The van der Waals surface area contributed by atoms with Gasteiger partial charge in [0.1, 0.15) is 11.8 Å². The highest BCUT2D eigenvalue weighted by molar-refractivity contribution is 5.91. The minimum atomic E-state index is -0.999. The molecule has 3 amide bonds. The van der Waals surface area contributed by atoms with Crippen molar-refractivity contribution in [3.63, 3.8) is 0 Å². The molecule has 5 N–H and O–H groups in total. The Balaban J connectivity index is 2.25. The third-order valence-corrected chi connectivity index (χ3v) is 4.75. The molecule has 1 aromatic carbocycles. The van der Waals surface area contributed by atoms with Crippen molar-refractivity contribution >= 4 is 17.7 Å². The zero-order chi connectivity index (χ0) is 21.5. The Morgan fingerprint density at radius 2 is 1.59 bits per heavy atom. The number of nitrogens with one attached hydrogen (secondary N) is 2. The van der Waals surface area contributed by atoms with Gasteiger partial charge < -0.3 is 21.5 Å². The summed E-state index contributed by atoms with van der Waals surface area (Å²) in [5.41, 5.74) is 6.30. The van der Waals surface area contributed by atoms with Gasteiger partial charge in [-0.05, 0) is 30.5 Å². The van der Waals surface area contributed by atoms with Crippen LogP contribution in [0.4, 0.5) is 0 Å². The van der Waals surface area contributed by atoms with Crippen molar-refractivity contribution in [1.82, 2.24) is 10.6 Å². The van der Waals surface area contributed by atoms with Crippen LogP contribution in [0.15, 0.2) is 24.3 Å². The predicted octanol–water partition coefficient (Wildman–Crippen LogP) is 2.55. The van der Waals surface area contributed by atoms with Crippen molar-refractivity contribution in [3.8, 4) is 5.75 Å². The highest BCUT2D eigenvalue weighted by Gasteiger charge is 2.21. The molecule has 1 rings (SSSR count). The van der Waals surface area contributed by atoms with Crippen molar-refractivity contribution in [3.05, 3.63) is 29.8 Å². The number of hydrogen-bond donors (Lipinski definition) is 4. The summed E-state index contributed by atoms with van der Waals surface area (Å²) in [6.07, 6.45) is 8.48. The first-order valence-corrected chi connectivity index (χ1v) is 10.6. The van der Waals surface area contributed by atoms with Crippen LogP contribution in [0.1, 0.15) is 70.3 Å². The monoisotopic (exact) mass is 405 g/mol. The molecule has 0 heterocycles. The van der Waals surface area contributed by atoms with Gasteiger partial charge in [-0.3, -0.25) is 14.4 Å². The first-order chi connectivity index (χ1) is 13.9. The average molecular weight is 406 g/mol. The Hall–Kier alpha value is -2.57. The van der Waals surface area contributed by atoms with Crippen LogP contribution in [0.25, 0.3) is 0 Å². The third kappa shape index (κ3) is 11.8. The molecule has 0 spiro atoms. The van der Waals surface area contributed by atoms with E-state index in [1.54, 1.807) is 24.3 Å². The molecule has 0 fully saturated rings. The Morgan fingerprint density at radius 3 is 2.21 bits per heavy atom. The number of aromatic hydroxyl groups is 1. The van der Waals surface area contributed by atoms with Crippen LogP contribution < -0.4 is 16.4 Å². The minimum absolute atomic E-state index is 0.173. The fourth-order valence-electron chi connectivity index (χ4n) is 3.00. The molecular weight excluding hydrogens is 370 g/mol. The van der Waals surface area contributed by atoms with E-state index in [4.69, 9.17) is 5.73 Å². The fraction of sp³-hybridized carbons (Fsp3) is 0.591. The van der Waals surface area contributed by atoms with Crippen molar-refractivity contribution in [2.75, 3.05) is 6.54 Å². The van der Waals surface area contributed by atoms with Crippen LogP contribution in [0.5, 0.6) is 5.75 Å². The Kier molecular flexibility index (Phi) is 12.2. The second-order valence-electron chi connectivity index (χ2n) is 7.36. The number of carbonyl (C=O) groups is 3. The third-order valence-electron chi connectivity index (χ3n) is 4.75. The number of phenolic OH excluding ortho intramolecular Hbond substituents is 1. The minimum Gasteiger partial charge on any atom is -0.508 e. The number of primary amides is 1. The van der Waals surface area contributed by atoms with Crippen LogP contribution in [-0.4, -0.2) is 35.4 Å². The molecule has 0 aliphatic rings. The molecule has 0 aromatic heterocycles. The molecule has 29 heavy (non-hydrogen) atoms. The van der Waals surface area contributed by atoms with E-state index in [0.29, 0.717) is 19.4 Å². The van der Waals surface area contributed by atoms with E-state index in [1.165, 1.54) is 25.7 Å². The summed E-state index contributed by atoms with van der Waals surface area (Å²) in [6.45, 7) is 2.57. The molecule has 0 aliphatic carbocycles. The molecule has 0 aliphatic heterocycles. The largest absolute Gasteiger partial charge is 0.508 e. The summed E-state index contributed by atoms with van der Waals surface area (Å²) < 4.78 is 0. The summed E-state index contributed by atoms with van der Waals surface area (Å²) in [6, 6.07) is 5.72. The van der Waals surface area contributed by atoms with E-state index in [2.05, 4.69) is 17.6 Å². The maximum Gasteiger partial charge on any atom is 0.240 e. The number of phenols is 1. The number of nitrogens with two attached hydrogens (primary N) is 1. The predicted molar refractivity (Wildman–Crippen MR) is 113 cm³/mol. The van der Waals surface area contributed by atoms with Gasteiger partial charge in [0.2, 0.25) is 17.7 Å². The number of carbonyl (C=O) groups excluding carboxylic acids is 3. The lowest BCUT2D eigenvalue weighted by Gasteiger charge is -2.15. The lowest BCUT2D eigenvalue weighted by molar-refractivity contribution is -0.130. The highest BCUT2D eigenvalue weighted by Crippen LogP contribution is 2.10. The van der Waals surface area contributed by atoms with E-state index in [-0.39, 0.29) is 24.0 Å². The fourth-order valence-corrected chi connectivity index (χ4v) is 3.00. The van der Waals surface area contributed by atoms with Gasteiger partial charge in [0.05, 0.1) is 6.42 Å². The maximum atomic E-state index is 12.1. The second-order valence-corrected chi connectivity index (χ2v) is 7.36. The van der Waals surface area contributed by atoms with Gasteiger partial charge in [-0.1, -0.05) is 57.6 Å². The SMILES string of the molecule is CCCCCCCCCC(=O)N[C@H](CC(=O)NCCc1ccc(O)cc1)C(N)=O. The number of unbranched alkanes of at least 4 members (excludes halogenated alkanes) is 6. The van der Waals surface area contributed by atoms with Gasteiger partial charge in [0.15, 0.2) is 0 Å². The van der Waals surface area contributed by atoms with Crippen LogP contribution in [0.2, 0.25) is 0 Å². The standard InChI is InChI=1S/C22H35N3O4/c1-2-3-4-5-6-7-8-9-20(27)25-19(22(23)29)16-21(28)24-15-14-17-10-12-18(26)13-11-17/h10-13,19,26H,2-9,14-16H2,1H3,(H2,23,29)(H,24,28)(H,25,27)/t19-/m1/s1. The first kappa shape index (κ1) is 24.5. The Bertz CT molecular complexity index is 631. The molecule has 0 saturated carbocycles. The van der Waals surface area contributed by atoms with Gasteiger partial charge in [0.25, 0.3) is 0 Å². The maximum absolute atomic E-state index is 12.1. The van der Waals surface area contributed by atoms with Gasteiger partial charge in [-0.25, -0.2) is 0 Å². The first-order valence-electron chi connectivity index (χ1n) is 10.6. The molecular formula is C22H35N3O4. The van der Waals surface area contributed by atoms with Crippen LogP contribution in [0, 0.1) is 0 Å². The molecule has 0 bridgehead atoms. The molecule has 1 atom stereocenters. The van der Waals surface area contributed by atoms with Crippen molar-refractivity contribution < 1.29 is 19.5 Å². The van der Waals surface area contributed by atoms with Crippen LogP contribution >= 0.6 is 0 Å². The number of rotatable bonds is 15. The summed E-state index contributed by atoms with van der Waals surface area (Å²) >= 11 is 0. The molecule has 0 radical (unpaired) electrons. The highest BCUT2D eigenvalue weighted by atomic mass is 16.3. The summed E-state index contributed by atoms with van der Waals surface area (Å²) in [5, 5.41) is 14.5. The van der Waals surface area contributed by atoms with Crippen LogP contribution in [0.3, 0.4) is 0 Å². The zero-order valence-electron chi connectivity index (χ0n) is 17.4. The van der Waals surface area contributed by atoms with E-state index in [1.807, 2.05) is 0 Å². The van der Waals surface area contributed by atoms with Crippen molar-refractivity contribution in [1.29, 1.82) is 0 Å². The van der Waals surface area contributed by atoms with E-state index >= 15 is 0 Å². The lowest BCUT2D eigenvalue weighted by atomic mass is 10.1. The zero-order valence-corrected chi connectivity index (χ0v) is 17.4. The number of amides is 3. The molecule has 0 saturated heterocycles.